The van der Waals surface area contributed by atoms with Gasteiger partial charge in [-0.25, -0.2) is 4.68 Å². The van der Waals surface area contributed by atoms with Crippen molar-refractivity contribution in [1.29, 1.82) is 0 Å². The Bertz CT molecular complexity index is 926. The Balaban J connectivity index is 1.88. The van der Waals surface area contributed by atoms with E-state index in [4.69, 9.17) is 0 Å². The summed E-state index contributed by atoms with van der Waals surface area (Å²) in [6.07, 6.45) is 0. The molecule has 0 atom stereocenters. The van der Waals surface area contributed by atoms with Crippen LogP contribution in [0, 0.1) is 20.8 Å². The lowest BCUT2D eigenvalue weighted by atomic mass is 10.1. The van der Waals surface area contributed by atoms with E-state index in [9.17, 15) is 9.59 Å². The lowest BCUT2D eigenvalue weighted by molar-refractivity contribution is -0.112. The van der Waals surface area contributed by atoms with Gasteiger partial charge in [0, 0.05) is 5.69 Å². The Labute approximate surface area is 146 Å². The van der Waals surface area contributed by atoms with Crippen LogP contribution in [0.25, 0.3) is 5.69 Å². The number of para-hydroxylation sites is 1. The lowest BCUT2D eigenvalue weighted by Gasteiger charge is -2.06. The predicted molar refractivity (Wildman–Crippen MR) is 97.2 cm³/mol. The fraction of sp³-hybridized carbons (Fsp3) is 0.150. The number of anilines is 1. The molecular formula is C20H19N3O2. The Hall–Kier alpha value is -3.21. The van der Waals surface area contributed by atoms with E-state index in [2.05, 4.69) is 10.4 Å². The molecule has 25 heavy (non-hydrogen) atoms. The minimum atomic E-state index is -0.664. The maximum absolute atomic E-state index is 12.6. The molecule has 3 rings (SSSR count). The molecule has 1 heterocycles. The number of nitrogens with zero attached hydrogens (tertiary/aromatic N) is 2. The molecule has 126 valence electrons. The van der Waals surface area contributed by atoms with Crippen molar-refractivity contribution in [2.24, 2.45) is 0 Å². The lowest BCUT2D eigenvalue weighted by Crippen LogP contribution is -2.24. The van der Waals surface area contributed by atoms with E-state index in [0.29, 0.717) is 22.6 Å². The van der Waals surface area contributed by atoms with E-state index in [1.54, 1.807) is 30.7 Å². The summed E-state index contributed by atoms with van der Waals surface area (Å²) in [5, 5.41) is 7.06. The molecule has 1 amide bonds. The van der Waals surface area contributed by atoms with Crippen LogP contribution in [0.2, 0.25) is 0 Å². The smallest absolute Gasteiger partial charge is 0.296 e. The van der Waals surface area contributed by atoms with E-state index < -0.39 is 11.7 Å². The highest BCUT2D eigenvalue weighted by atomic mass is 16.2. The summed E-state index contributed by atoms with van der Waals surface area (Å²) in [5.41, 5.74) is 4.04. The molecule has 2 aromatic carbocycles. The van der Waals surface area contributed by atoms with Crippen molar-refractivity contribution >= 4 is 17.4 Å². The zero-order chi connectivity index (χ0) is 18.0. The van der Waals surface area contributed by atoms with Gasteiger partial charge in [0.1, 0.15) is 0 Å². The number of aryl methyl sites for hydroxylation is 2. The molecule has 0 spiro atoms. The average molecular weight is 333 g/mol. The minimum absolute atomic E-state index is 0.341. The number of hydrogen-bond acceptors (Lipinski definition) is 3. The number of amides is 1. The zero-order valence-corrected chi connectivity index (χ0v) is 14.4. The van der Waals surface area contributed by atoms with Gasteiger partial charge in [-0.1, -0.05) is 35.9 Å². The first-order valence-electron chi connectivity index (χ1n) is 8.01. The summed E-state index contributed by atoms with van der Waals surface area (Å²) >= 11 is 0. The number of hydrogen-bond donors (Lipinski definition) is 1. The van der Waals surface area contributed by atoms with Crippen molar-refractivity contribution in [3.63, 3.8) is 0 Å². The van der Waals surface area contributed by atoms with Crippen LogP contribution in [0.4, 0.5) is 5.69 Å². The normalized spacial score (nSPS) is 10.5. The van der Waals surface area contributed by atoms with E-state index in [1.165, 1.54) is 0 Å². The van der Waals surface area contributed by atoms with Crippen LogP contribution in [0.15, 0.2) is 54.6 Å². The van der Waals surface area contributed by atoms with Crippen LogP contribution in [0.1, 0.15) is 27.3 Å². The summed E-state index contributed by atoms with van der Waals surface area (Å²) in [6, 6.07) is 16.8. The molecule has 1 N–H and O–H groups in total. The average Bonchev–Trinajstić information content (AvgIpc) is 2.91. The second kappa shape index (κ2) is 6.73. The number of aromatic nitrogens is 2. The quantitative estimate of drug-likeness (QED) is 0.586. The van der Waals surface area contributed by atoms with Gasteiger partial charge in [0.25, 0.3) is 11.7 Å². The monoisotopic (exact) mass is 333 g/mol. The highest BCUT2D eigenvalue weighted by Gasteiger charge is 2.25. The van der Waals surface area contributed by atoms with E-state index in [-0.39, 0.29) is 0 Å². The highest BCUT2D eigenvalue weighted by molar-refractivity contribution is 6.47. The van der Waals surface area contributed by atoms with Gasteiger partial charge < -0.3 is 5.32 Å². The van der Waals surface area contributed by atoms with Gasteiger partial charge in [-0.2, -0.15) is 5.10 Å². The summed E-state index contributed by atoms with van der Waals surface area (Å²) in [6.45, 7) is 5.49. The molecule has 0 fully saturated rings. The van der Waals surface area contributed by atoms with Gasteiger partial charge in [0.2, 0.25) is 0 Å². The van der Waals surface area contributed by atoms with Crippen molar-refractivity contribution in [1.82, 2.24) is 9.78 Å². The molecule has 0 saturated heterocycles. The molecule has 0 unspecified atom stereocenters. The van der Waals surface area contributed by atoms with Crippen LogP contribution in [-0.2, 0) is 4.79 Å². The van der Waals surface area contributed by atoms with Crippen LogP contribution >= 0.6 is 0 Å². The first-order valence-corrected chi connectivity index (χ1v) is 8.01. The van der Waals surface area contributed by atoms with Crippen molar-refractivity contribution in [3.8, 4) is 5.69 Å². The van der Waals surface area contributed by atoms with Gasteiger partial charge in [0.15, 0.2) is 0 Å². The van der Waals surface area contributed by atoms with Crippen LogP contribution in [0.3, 0.4) is 0 Å². The Morgan fingerprint density at radius 1 is 0.920 bits per heavy atom. The number of rotatable bonds is 4. The number of carbonyl (C=O) groups excluding carboxylic acids is 2. The minimum Gasteiger partial charge on any atom is -0.319 e. The largest absolute Gasteiger partial charge is 0.319 e. The second-order valence-corrected chi connectivity index (χ2v) is 5.94. The number of nitrogens with one attached hydrogen (secondary N) is 1. The maximum atomic E-state index is 12.6. The van der Waals surface area contributed by atoms with Crippen LogP contribution in [0.5, 0.6) is 0 Å². The van der Waals surface area contributed by atoms with Gasteiger partial charge in [-0.3, -0.25) is 9.59 Å². The number of Topliss-reactive ketones (excluding diaryl/α,β-unsaturated/α-hetero) is 1. The van der Waals surface area contributed by atoms with Crippen molar-refractivity contribution in [2.75, 3.05) is 5.32 Å². The summed E-state index contributed by atoms with van der Waals surface area (Å²) in [4.78, 5) is 25.0. The molecule has 1 aromatic heterocycles. The molecule has 0 saturated carbocycles. The van der Waals surface area contributed by atoms with E-state index in [0.717, 1.165) is 11.3 Å². The fourth-order valence-electron chi connectivity index (χ4n) is 2.73. The third kappa shape index (κ3) is 3.35. The third-order valence-corrected chi connectivity index (χ3v) is 4.03. The molecule has 0 aliphatic carbocycles. The number of carbonyl (C=O) groups is 2. The van der Waals surface area contributed by atoms with Crippen LogP contribution < -0.4 is 5.32 Å². The van der Waals surface area contributed by atoms with E-state index in [1.807, 2.05) is 49.4 Å². The molecule has 5 nitrogen and oxygen atoms in total. The first-order chi connectivity index (χ1) is 12.0. The molecule has 0 aliphatic heterocycles. The molecule has 5 heteroatoms. The molecule has 0 radical (unpaired) electrons. The molecule has 0 bridgehead atoms. The van der Waals surface area contributed by atoms with Crippen molar-refractivity contribution in [2.45, 2.75) is 20.8 Å². The SMILES string of the molecule is Cc1ccc(NC(=O)C(=O)c2c(C)nn(-c3ccccc3)c2C)cc1. The zero-order valence-electron chi connectivity index (χ0n) is 14.4. The predicted octanol–water partition coefficient (Wildman–Crippen LogP) is 3.62. The summed E-state index contributed by atoms with van der Waals surface area (Å²) < 4.78 is 1.68. The van der Waals surface area contributed by atoms with Gasteiger partial charge in [0.05, 0.1) is 22.6 Å². The van der Waals surface area contributed by atoms with E-state index >= 15 is 0 Å². The summed E-state index contributed by atoms with van der Waals surface area (Å²) in [7, 11) is 0. The third-order valence-electron chi connectivity index (χ3n) is 4.03. The number of ketones is 1. The molecular weight excluding hydrogens is 314 g/mol. The molecule has 0 aliphatic rings. The second-order valence-electron chi connectivity index (χ2n) is 5.94. The Morgan fingerprint density at radius 2 is 1.56 bits per heavy atom. The Morgan fingerprint density at radius 3 is 2.20 bits per heavy atom. The van der Waals surface area contributed by atoms with Gasteiger partial charge in [-0.05, 0) is 45.0 Å². The van der Waals surface area contributed by atoms with Gasteiger partial charge in [-0.15, -0.1) is 0 Å². The topological polar surface area (TPSA) is 64.0 Å². The fourth-order valence-corrected chi connectivity index (χ4v) is 2.73. The van der Waals surface area contributed by atoms with Gasteiger partial charge >= 0.3 is 0 Å². The van der Waals surface area contributed by atoms with Crippen LogP contribution in [-0.4, -0.2) is 21.5 Å². The number of benzene rings is 2. The maximum Gasteiger partial charge on any atom is 0.296 e. The van der Waals surface area contributed by atoms with Crippen molar-refractivity contribution in [3.05, 3.63) is 77.1 Å². The molecule has 3 aromatic rings. The Kier molecular flexibility index (Phi) is 4.48. The highest BCUT2D eigenvalue weighted by Crippen LogP contribution is 2.19. The first kappa shape index (κ1) is 16.6. The summed E-state index contributed by atoms with van der Waals surface area (Å²) in [5.74, 6) is -1.25. The van der Waals surface area contributed by atoms with Crippen molar-refractivity contribution < 1.29 is 9.59 Å². The standard InChI is InChI=1S/C20H19N3O2/c1-13-9-11-16(12-10-13)21-20(25)19(24)18-14(2)22-23(15(18)3)17-7-5-4-6-8-17/h4-12H,1-3H3,(H,21,25).